The molecule has 4 rings (SSSR count). The molecule has 1 aliphatic carbocycles. The SMILES string of the molecule is CC1(C)[C@H](NC(=O)c2cc3cccc([N+](=O)[O-])c3[nH]2)[C@H]2CCO[C@@H]21. The Morgan fingerprint density at radius 1 is 1.46 bits per heavy atom. The first-order valence-corrected chi connectivity index (χ1v) is 8.08. The fourth-order valence-corrected chi connectivity index (χ4v) is 4.25. The lowest BCUT2D eigenvalue weighted by Gasteiger charge is -2.54. The van der Waals surface area contributed by atoms with Gasteiger partial charge in [0.1, 0.15) is 11.2 Å². The molecular formula is C17H19N3O4. The molecule has 1 aromatic carbocycles. The van der Waals surface area contributed by atoms with Crippen molar-refractivity contribution >= 4 is 22.5 Å². The number of nitro benzene ring substituents is 1. The van der Waals surface area contributed by atoms with Crippen LogP contribution in [0.1, 0.15) is 30.8 Å². The molecular weight excluding hydrogens is 310 g/mol. The van der Waals surface area contributed by atoms with Gasteiger partial charge in [-0.25, -0.2) is 0 Å². The number of nitrogens with one attached hydrogen (secondary N) is 2. The number of rotatable bonds is 3. The maximum Gasteiger partial charge on any atom is 0.293 e. The van der Waals surface area contributed by atoms with Gasteiger partial charge >= 0.3 is 0 Å². The number of non-ortho nitro benzene ring substituents is 1. The minimum absolute atomic E-state index is 0.0280. The van der Waals surface area contributed by atoms with Crippen LogP contribution in [-0.2, 0) is 4.74 Å². The van der Waals surface area contributed by atoms with Crippen molar-refractivity contribution in [3.63, 3.8) is 0 Å². The number of nitrogens with zero attached hydrogens (tertiary/aromatic N) is 1. The molecule has 0 bridgehead atoms. The van der Waals surface area contributed by atoms with Gasteiger partial charge in [-0.15, -0.1) is 0 Å². The summed E-state index contributed by atoms with van der Waals surface area (Å²) >= 11 is 0. The highest BCUT2D eigenvalue weighted by Crippen LogP contribution is 2.52. The van der Waals surface area contributed by atoms with Gasteiger partial charge < -0.3 is 15.0 Å². The molecule has 2 aliphatic rings. The van der Waals surface area contributed by atoms with Gasteiger partial charge in [0.2, 0.25) is 0 Å². The van der Waals surface area contributed by atoms with E-state index in [-0.39, 0.29) is 29.2 Å². The molecule has 0 radical (unpaired) electrons. The van der Waals surface area contributed by atoms with Crippen LogP contribution in [0.2, 0.25) is 0 Å². The van der Waals surface area contributed by atoms with Crippen molar-refractivity contribution in [2.45, 2.75) is 32.4 Å². The molecule has 0 unspecified atom stereocenters. The first kappa shape index (κ1) is 15.1. The van der Waals surface area contributed by atoms with Crippen LogP contribution in [0.4, 0.5) is 5.69 Å². The number of amides is 1. The molecule has 1 saturated carbocycles. The fourth-order valence-electron chi connectivity index (χ4n) is 4.25. The Labute approximate surface area is 138 Å². The number of hydrogen-bond donors (Lipinski definition) is 2. The van der Waals surface area contributed by atoms with Crippen LogP contribution in [0.5, 0.6) is 0 Å². The molecule has 7 nitrogen and oxygen atoms in total. The Morgan fingerprint density at radius 3 is 3.00 bits per heavy atom. The molecule has 1 amide bonds. The Morgan fingerprint density at radius 2 is 2.25 bits per heavy atom. The van der Waals surface area contributed by atoms with Crippen LogP contribution in [0.25, 0.3) is 10.9 Å². The summed E-state index contributed by atoms with van der Waals surface area (Å²) in [6.45, 7) is 4.94. The number of benzene rings is 1. The Kier molecular flexibility index (Phi) is 3.18. The summed E-state index contributed by atoms with van der Waals surface area (Å²) in [6.07, 6.45) is 1.16. The van der Waals surface area contributed by atoms with Gasteiger partial charge in [-0.3, -0.25) is 14.9 Å². The zero-order valence-corrected chi connectivity index (χ0v) is 13.5. The van der Waals surface area contributed by atoms with Gasteiger partial charge in [0.15, 0.2) is 0 Å². The lowest BCUT2D eigenvalue weighted by Crippen LogP contribution is -2.66. The minimum atomic E-state index is -0.448. The molecule has 24 heavy (non-hydrogen) atoms. The van der Waals surface area contributed by atoms with E-state index in [1.165, 1.54) is 6.07 Å². The number of para-hydroxylation sites is 1. The highest BCUT2D eigenvalue weighted by molar-refractivity contribution is 6.00. The number of aromatic amines is 1. The first-order chi connectivity index (χ1) is 11.4. The molecule has 2 heterocycles. The third kappa shape index (κ3) is 2.04. The van der Waals surface area contributed by atoms with E-state index in [2.05, 4.69) is 24.1 Å². The van der Waals surface area contributed by atoms with E-state index in [1.807, 2.05) is 0 Å². The second-order valence-electron chi connectivity index (χ2n) is 7.20. The van der Waals surface area contributed by atoms with Crippen molar-refractivity contribution in [2.24, 2.45) is 11.3 Å². The summed E-state index contributed by atoms with van der Waals surface area (Å²) < 4.78 is 5.74. The number of carbonyl (C=O) groups excluding carboxylic acids is 1. The second kappa shape index (κ2) is 5.04. The molecule has 2 N–H and O–H groups in total. The zero-order valence-electron chi connectivity index (χ0n) is 13.5. The number of ether oxygens (including phenoxy) is 1. The van der Waals surface area contributed by atoms with Gasteiger partial charge in [-0.1, -0.05) is 26.0 Å². The van der Waals surface area contributed by atoms with Gasteiger partial charge in [0, 0.05) is 35.4 Å². The Bertz CT molecular complexity index is 841. The molecule has 1 aliphatic heterocycles. The van der Waals surface area contributed by atoms with Crippen molar-refractivity contribution in [1.82, 2.24) is 10.3 Å². The van der Waals surface area contributed by atoms with E-state index in [9.17, 15) is 14.9 Å². The molecule has 0 spiro atoms. The van der Waals surface area contributed by atoms with E-state index in [0.29, 0.717) is 22.5 Å². The largest absolute Gasteiger partial charge is 0.377 e. The van der Waals surface area contributed by atoms with Gasteiger partial charge in [-0.05, 0) is 12.5 Å². The predicted octanol–water partition coefficient (Wildman–Crippen LogP) is 2.62. The maximum absolute atomic E-state index is 12.6. The molecule has 7 heteroatoms. The fraction of sp³-hybridized carbons (Fsp3) is 0.471. The monoisotopic (exact) mass is 329 g/mol. The molecule has 126 valence electrons. The number of nitro groups is 1. The smallest absolute Gasteiger partial charge is 0.293 e. The molecule has 2 fully saturated rings. The predicted molar refractivity (Wildman–Crippen MR) is 87.8 cm³/mol. The lowest BCUT2D eigenvalue weighted by atomic mass is 9.57. The van der Waals surface area contributed by atoms with E-state index in [1.54, 1.807) is 18.2 Å². The van der Waals surface area contributed by atoms with E-state index in [4.69, 9.17) is 4.74 Å². The minimum Gasteiger partial charge on any atom is -0.377 e. The maximum atomic E-state index is 12.6. The van der Waals surface area contributed by atoms with Crippen LogP contribution < -0.4 is 5.32 Å². The van der Waals surface area contributed by atoms with Gasteiger partial charge in [0.05, 0.1) is 11.0 Å². The first-order valence-electron chi connectivity index (χ1n) is 8.08. The van der Waals surface area contributed by atoms with Crippen molar-refractivity contribution in [2.75, 3.05) is 6.61 Å². The lowest BCUT2D eigenvalue weighted by molar-refractivity contribution is -0.383. The van der Waals surface area contributed by atoms with Crippen molar-refractivity contribution in [3.05, 3.63) is 40.1 Å². The van der Waals surface area contributed by atoms with Crippen molar-refractivity contribution in [1.29, 1.82) is 0 Å². The average molecular weight is 329 g/mol. The van der Waals surface area contributed by atoms with Crippen LogP contribution in [-0.4, -0.2) is 34.6 Å². The van der Waals surface area contributed by atoms with E-state index >= 15 is 0 Å². The third-order valence-electron chi connectivity index (χ3n) is 5.46. The second-order valence-corrected chi connectivity index (χ2v) is 7.20. The van der Waals surface area contributed by atoms with Crippen LogP contribution in [0, 0.1) is 21.4 Å². The summed E-state index contributed by atoms with van der Waals surface area (Å²) in [7, 11) is 0. The number of hydrogen-bond acceptors (Lipinski definition) is 4. The van der Waals surface area contributed by atoms with Crippen LogP contribution >= 0.6 is 0 Å². The van der Waals surface area contributed by atoms with E-state index < -0.39 is 4.92 Å². The normalized spacial score (nSPS) is 27.5. The van der Waals surface area contributed by atoms with Gasteiger partial charge in [0.25, 0.3) is 11.6 Å². The van der Waals surface area contributed by atoms with E-state index in [0.717, 1.165) is 13.0 Å². The zero-order chi connectivity index (χ0) is 17.1. The summed E-state index contributed by atoms with van der Waals surface area (Å²) in [5.74, 6) is 0.117. The quantitative estimate of drug-likeness (QED) is 0.668. The molecule has 1 saturated heterocycles. The molecule has 3 atom stereocenters. The number of H-pyrrole nitrogens is 1. The highest BCUT2D eigenvalue weighted by Gasteiger charge is 2.59. The third-order valence-corrected chi connectivity index (χ3v) is 5.46. The summed E-state index contributed by atoms with van der Waals surface area (Å²) in [5, 5.41) is 14.8. The Hall–Kier alpha value is -2.41. The summed E-state index contributed by atoms with van der Waals surface area (Å²) in [4.78, 5) is 26.2. The number of fused-ring (bicyclic) bond motifs is 2. The van der Waals surface area contributed by atoms with Crippen LogP contribution in [0.15, 0.2) is 24.3 Å². The highest BCUT2D eigenvalue weighted by atomic mass is 16.6. The van der Waals surface area contributed by atoms with Crippen molar-refractivity contribution in [3.8, 4) is 0 Å². The van der Waals surface area contributed by atoms with Crippen LogP contribution in [0.3, 0.4) is 0 Å². The Balaban J connectivity index is 1.60. The van der Waals surface area contributed by atoms with Gasteiger partial charge in [-0.2, -0.15) is 0 Å². The average Bonchev–Trinajstić information content (AvgIpc) is 3.17. The summed E-state index contributed by atoms with van der Waals surface area (Å²) in [6, 6.07) is 6.51. The van der Waals surface area contributed by atoms with Crippen molar-refractivity contribution < 1.29 is 14.5 Å². The number of carbonyl (C=O) groups is 1. The molecule has 1 aromatic heterocycles. The topological polar surface area (TPSA) is 97.3 Å². The molecule has 2 aromatic rings. The summed E-state index contributed by atoms with van der Waals surface area (Å²) in [5.41, 5.74) is 0.592. The standard InChI is InChI=1S/C17H19N3O4/c1-17(2)14(10-6-7-24-15(10)17)19-16(21)11-8-9-4-3-5-12(20(22)23)13(9)18-11/h3-5,8,10,14-15,18H,6-7H2,1-2H3,(H,19,21)/t10-,14-,15+/m1/s1. The number of aromatic nitrogens is 1.